The van der Waals surface area contributed by atoms with E-state index in [4.69, 9.17) is 10.00 Å². The van der Waals surface area contributed by atoms with Gasteiger partial charge >= 0.3 is 0 Å². The highest BCUT2D eigenvalue weighted by Crippen LogP contribution is 2.33. The van der Waals surface area contributed by atoms with E-state index >= 15 is 0 Å². The topological polar surface area (TPSA) is 53.2 Å². The first kappa shape index (κ1) is 13.6. The van der Waals surface area contributed by atoms with E-state index < -0.39 is 5.82 Å². The minimum Gasteiger partial charge on any atom is -0.489 e. The quantitative estimate of drug-likeness (QED) is 0.940. The molecular weight excluding hydrogens is 269 g/mol. The van der Waals surface area contributed by atoms with Crippen molar-refractivity contribution in [3.05, 3.63) is 64.5 Å². The fraction of sp³-hybridized carbons (Fsp3) is 0.235. The Kier molecular flexibility index (Phi) is 3.59. The third-order valence-electron chi connectivity index (χ3n) is 3.65. The summed E-state index contributed by atoms with van der Waals surface area (Å²) in [7, 11) is 0. The predicted molar refractivity (Wildman–Crippen MR) is 75.2 cm³/mol. The SMILES string of the molecule is N#Cc1cc(F)cc(COc2ccc3c(c2)CC[C@@H]3O)c1. The summed E-state index contributed by atoms with van der Waals surface area (Å²) in [6, 6.07) is 11.7. The van der Waals surface area contributed by atoms with Crippen LogP contribution >= 0.6 is 0 Å². The Morgan fingerprint density at radius 2 is 2.14 bits per heavy atom. The van der Waals surface area contributed by atoms with Crippen LogP contribution in [0.5, 0.6) is 5.75 Å². The van der Waals surface area contributed by atoms with Crippen molar-refractivity contribution in [1.82, 2.24) is 0 Å². The molecule has 3 nitrogen and oxygen atoms in total. The minimum absolute atomic E-state index is 0.202. The molecule has 1 atom stereocenters. The highest BCUT2D eigenvalue weighted by Gasteiger charge is 2.20. The molecule has 1 aliphatic carbocycles. The molecule has 106 valence electrons. The Morgan fingerprint density at radius 3 is 2.95 bits per heavy atom. The standard InChI is InChI=1S/C17H14FNO2/c18-14-6-11(9-19)5-12(7-14)10-21-15-2-3-16-13(8-15)1-4-17(16)20/h2-3,5-8,17,20H,1,4,10H2/t17-/m0/s1. The Bertz CT molecular complexity index is 721. The van der Waals surface area contributed by atoms with Gasteiger partial charge in [0.1, 0.15) is 18.2 Å². The number of aliphatic hydroxyl groups excluding tert-OH is 1. The molecule has 0 saturated heterocycles. The maximum atomic E-state index is 13.3. The molecule has 1 N–H and O–H groups in total. The number of hydrogen-bond donors (Lipinski definition) is 1. The van der Waals surface area contributed by atoms with Crippen LogP contribution in [0, 0.1) is 17.1 Å². The summed E-state index contributed by atoms with van der Waals surface area (Å²) in [6.45, 7) is 0.202. The largest absolute Gasteiger partial charge is 0.489 e. The number of benzene rings is 2. The van der Waals surface area contributed by atoms with Crippen LogP contribution in [0.2, 0.25) is 0 Å². The van der Waals surface area contributed by atoms with Crippen molar-refractivity contribution in [3.8, 4) is 11.8 Å². The summed E-state index contributed by atoms with van der Waals surface area (Å²) in [4.78, 5) is 0. The molecule has 0 heterocycles. The predicted octanol–water partition coefficient (Wildman–Crippen LogP) is 3.26. The summed E-state index contributed by atoms with van der Waals surface area (Å²) >= 11 is 0. The maximum Gasteiger partial charge on any atom is 0.124 e. The number of ether oxygens (including phenoxy) is 1. The normalized spacial score (nSPS) is 16.3. The highest BCUT2D eigenvalue weighted by atomic mass is 19.1. The molecular formula is C17H14FNO2. The van der Waals surface area contributed by atoms with Gasteiger partial charge in [-0.15, -0.1) is 0 Å². The Morgan fingerprint density at radius 1 is 1.29 bits per heavy atom. The van der Waals surface area contributed by atoms with E-state index in [0.29, 0.717) is 11.3 Å². The molecule has 0 saturated carbocycles. The number of nitrogens with zero attached hydrogens (tertiary/aromatic N) is 1. The lowest BCUT2D eigenvalue weighted by Crippen LogP contribution is -1.98. The van der Waals surface area contributed by atoms with Crippen molar-refractivity contribution in [2.24, 2.45) is 0 Å². The van der Waals surface area contributed by atoms with Crippen LogP contribution in [-0.2, 0) is 13.0 Å². The maximum absolute atomic E-state index is 13.3. The van der Waals surface area contributed by atoms with Crippen LogP contribution in [0.3, 0.4) is 0 Å². The molecule has 0 spiro atoms. The van der Waals surface area contributed by atoms with Crippen LogP contribution in [-0.4, -0.2) is 5.11 Å². The molecule has 0 aliphatic heterocycles. The zero-order chi connectivity index (χ0) is 14.8. The monoisotopic (exact) mass is 283 g/mol. The molecule has 1 aliphatic rings. The number of aryl methyl sites for hydroxylation is 1. The lowest BCUT2D eigenvalue weighted by molar-refractivity contribution is 0.180. The van der Waals surface area contributed by atoms with E-state index in [1.807, 2.05) is 18.2 Å². The molecule has 4 heteroatoms. The van der Waals surface area contributed by atoms with E-state index in [1.54, 1.807) is 12.1 Å². The smallest absolute Gasteiger partial charge is 0.124 e. The zero-order valence-electron chi connectivity index (χ0n) is 11.3. The average Bonchev–Trinajstić information content (AvgIpc) is 2.85. The van der Waals surface area contributed by atoms with Gasteiger partial charge in [-0.3, -0.25) is 0 Å². The van der Waals surface area contributed by atoms with E-state index in [2.05, 4.69) is 0 Å². The Balaban J connectivity index is 1.74. The fourth-order valence-corrected chi connectivity index (χ4v) is 2.63. The summed E-state index contributed by atoms with van der Waals surface area (Å²) < 4.78 is 19.0. The third-order valence-corrected chi connectivity index (χ3v) is 3.65. The van der Waals surface area contributed by atoms with E-state index in [1.165, 1.54) is 12.1 Å². The average molecular weight is 283 g/mol. The molecule has 0 fully saturated rings. The van der Waals surface area contributed by atoms with Crippen LogP contribution < -0.4 is 4.74 Å². The van der Waals surface area contributed by atoms with Crippen LogP contribution in [0.4, 0.5) is 4.39 Å². The first-order valence-corrected chi connectivity index (χ1v) is 6.79. The van der Waals surface area contributed by atoms with Crippen LogP contribution in [0.1, 0.15) is 34.8 Å². The number of fused-ring (bicyclic) bond motifs is 1. The van der Waals surface area contributed by atoms with Gasteiger partial charge in [0.2, 0.25) is 0 Å². The van der Waals surface area contributed by atoms with Crippen LogP contribution in [0.25, 0.3) is 0 Å². The Hall–Kier alpha value is -2.38. The van der Waals surface area contributed by atoms with Gasteiger partial charge in [-0.1, -0.05) is 6.07 Å². The van der Waals surface area contributed by atoms with Crippen molar-refractivity contribution in [2.75, 3.05) is 0 Å². The lowest BCUT2D eigenvalue weighted by atomic mass is 10.1. The second kappa shape index (κ2) is 5.55. The molecule has 0 bridgehead atoms. The van der Waals surface area contributed by atoms with Gasteiger partial charge in [0, 0.05) is 0 Å². The number of halogens is 1. The Labute approximate surface area is 122 Å². The van der Waals surface area contributed by atoms with Crippen molar-refractivity contribution < 1.29 is 14.2 Å². The minimum atomic E-state index is -0.440. The van der Waals surface area contributed by atoms with Gasteiger partial charge in [0.25, 0.3) is 0 Å². The van der Waals surface area contributed by atoms with Crippen molar-refractivity contribution in [1.29, 1.82) is 5.26 Å². The number of nitriles is 1. The summed E-state index contributed by atoms with van der Waals surface area (Å²) in [6.07, 6.45) is 1.20. The molecule has 2 aromatic rings. The van der Waals surface area contributed by atoms with E-state index in [0.717, 1.165) is 24.0 Å². The molecule has 2 aromatic carbocycles. The third kappa shape index (κ3) is 2.88. The summed E-state index contributed by atoms with van der Waals surface area (Å²) in [5, 5.41) is 18.6. The molecule has 0 aromatic heterocycles. The second-order valence-corrected chi connectivity index (χ2v) is 5.16. The van der Waals surface area contributed by atoms with E-state index in [-0.39, 0.29) is 18.3 Å². The first-order chi connectivity index (χ1) is 10.2. The van der Waals surface area contributed by atoms with E-state index in [9.17, 15) is 9.50 Å². The van der Waals surface area contributed by atoms with Gasteiger partial charge in [0.15, 0.2) is 0 Å². The van der Waals surface area contributed by atoms with Gasteiger partial charge in [-0.2, -0.15) is 5.26 Å². The van der Waals surface area contributed by atoms with Gasteiger partial charge < -0.3 is 9.84 Å². The molecule has 21 heavy (non-hydrogen) atoms. The first-order valence-electron chi connectivity index (χ1n) is 6.79. The summed E-state index contributed by atoms with van der Waals surface area (Å²) in [5.41, 5.74) is 2.95. The zero-order valence-corrected chi connectivity index (χ0v) is 11.3. The summed E-state index contributed by atoms with van der Waals surface area (Å²) in [5.74, 6) is 0.246. The van der Waals surface area contributed by atoms with Gasteiger partial charge in [0.05, 0.1) is 17.7 Å². The van der Waals surface area contributed by atoms with Gasteiger partial charge in [-0.25, -0.2) is 4.39 Å². The molecule has 0 amide bonds. The van der Waals surface area contributed by atoms with Crippen molar-refractivity contribution in [2.45, 2.75) is 25.6 Å². The van der Waals surface area contributed by atoms with Crippen molar-refractivity contribution in [3.63, 3.8) is 0 Å². The molecule has 0 unspecified atom stereocenters. The fourth-order valence-electron chi connectivity index (χ4n) is 2.63. The van der Waals surface area contributed by atoms with Gasteiger partial charge in [-0.05, 0) is 59.9 Å². The number of aliphatic hydroxyl groups is 1. The second-order valence-electron chi connectivity index (χ2n) is 5.16. The number of rotatable bonds is 3. The molecule has 0 radical (unpaired) electrons. The lowest BCUT2D eigenvalue weighted by Gasteiger charge is -2.09. The molecule has 3 rings (SSSR count). The number of hydrogen-bond acceptors (Lipinski definition) is 3. The van der Waals surface area contributed by atoms with Crippen molar-refractivity contribution >= 4 is 0 Å². The highest BCUT2D eigenvalue weighted by molar-refractivity contribution is 5.40. The van der Waals surface area contributed by atoms with Crippen LogP contribution in [0.15, 0.2) is 36.4 Å².